The molecule has 2 N–H and O–H groups in total. The Labute approximate surface area is 122 Å². The predicted molar refractivity (Wildman–Crippen MR) is 78.8 cm³/mol. The van der Waals surface area contributed by atoms with Gasteiger partial charge in [0.2, 0.25) is 0 Å². The Morgan fingerprint density at radius 3 is 2.20 bits per heavy atom. The molecule has 0 aromatic heterocycles. The Morgan fingerprint density at radius 2 is 1.80 bits per heavy atom. The lowest BCUT2D eigenvalue weighted by molar-refractivity contribution is -0.137. The molecule has 114 valence electrons. The smallest absolute Gasteiger partial charge is 0.329 e. The molecule has 0 spiro atoms. The van der Waals surface area contributed by atoms with Crippen LogP contribution in [-0.2, 0) is 6.18 Å². The molecule has 2 nitrogen and oxygen atoms in total. The van der Waals surface area contributed by atoms with Gasteiger partial charge in [-0.05, 0) is 37.9 Å². The summed E-state index contributed by atoms with van der Waals surface area (Å²) in [5, 5.41) is 0. The summed E-state index contributed by atoms with van der Waals surface area (Å²) in [7, 11) is 1.95. The molecule has 0 saturated heterocycles. The zero-order valence-electron chi connectivity index (χ0n) is 11.9. The lowest BCUT2D eigenvalue weighted by atomic mass is 10.0. The second-order valence-corrected chi connectivity index (χ2v) is 5.75. The van der Waals surface area contributed by atoms with E-state index in [0.29, 0.717) is 12.6 Å². The van der Waals surface area contributed by atoms with Crippen molar-refractivity contribution in [3.63, 3.8) is 0 Å². The van der Waals surface area contributed by atoms with Crippen molar-refractivity contribution >= 4 is 11.8 Å². The van der Waals surface area contributed by atoms with Crippen LogP contribution in [0, 0.1) is 0 Å². The van der Waals surface area contributed by atoms with Gasteiger partial charge in [-0.2, -0.15) is 24.9 Å². The third-order valence-corrected chi connectivity index (χ3v) is 4.26. The number of benzene rings is 1. The van der Waals surface area contributed by atoms with Gasteiger partial charge in [0.25, 0.3) is 0 Å². The number of hydrogen-bond donors (Lipinski definition) is 1. The van der Waals surface area contributed by atoms with E-state index >= 15 is 0 Å². The Morgan fingerprint density at radius 1 is 1.25 bits per heavy atom. The van der Waals surface area contributed by atoms with Crippen molar-refractivity contribution in [2.75, 3.05) is 25.6 Å². The molecule has 0 saturated carbocycles. The highest BCUT2D eigenvalue weighted by atomic mass is 32.2. The molecule has 6 heteroatoms. The maximum Gasteiger partial charge on any atom is 0.416 e. The van der Waals surface area contributed by atoms with Crippen LogP contribution in [0.5, 0.6) is 0 Å². The van der Waals surface area contributed by atoms with Crippen LogP contribution >= 0.6 is 11.8 Å². The molecular formula is C14H21F3N2S. The first-order valence-corrected chi connectivity index (χ1v) is 7.78. The second-order valence-electron chi connectivity index (χ2n) is 4.84. The van der Waals surface area contributed by atoms with Crippen LogP contribution in [0.2, 0.25) is 0 Å². The van der Waals surface area contributed by atoms with E-state index in [2.05, 4.69) is 11.8 Å². The summed E-state index contributed by atoms with van der Waals surface area (Å²) in [6, 6.07) is 5.50. The van der Waals surface area contributed by atoms with E-state index in [1.165, 1.54) is 12.1 Å². The highest BCUT2D eigenvalue weighted by Crippen LogP contribution is 2.30. The van der Waals surface area contributed by atoms with Crippen LogP contribution in [0.25, 0.3) is 0 Å². The molecule has 2 unspecified atom stereocenters. The molecule has 2 atom stereocenters. The van der Waals surface area contributed by atoms with Crippen LogP contribution in [0.4, 0.5) is 13.2 Å². The molecule has 0 heterocycles. The molecule has 1 aromatic rings. The van der Waals surface area contributed by atoms with Crippen LogP contribution in [0.15, 0.2) is 24.3 Å². The van der Waals surface area contributed by atoms with Crippen molar-refractivity contribution in [2.24, 2.45) is 5.73 Å². The Bertz CT molecular complexity index is 406. The van der Waals surface area contributed by atoms with Gasteiger partial charge in [-0.1, -0.05) is 12.1 Å². The van der Waals surface area contributed by atoms with Gasteiger partial charge in [-0.15, -0.1) is 0 Å². The van der Waals surface area contributed by atoms with Gasteiger partial charge >= 0.3 is 6.18 Å². The maximum absolute atomic E-state index is 12.6. The van der Waals surface area contributed by atoms with E-state index in [1.54, 1.807) is 11.8 Å². The minimum atomic E-state index is -4.30. The van der Waals surface area contributed by atoms with E-state index in [9.17, 15) is 13.2 Å². The molecule has 1 aromatic carbocycles. The first kappa shape index (κ1) is 17.3. The molecule has 0 amide bonds. The highest BCUT2D eigenvalue weighted by Gasteiger charge is 2.30. The summed E-state index contributed by atoms with van der Waals surface area (Å²) in [6.07, 6.45) is -2.27. The van der Waals surface area contributed by atoms with Crippen LogP contribution in [-0.4, -0.2) is 36.5 Å². The lowest BCUT2D eigenvalue weighted by Crippen LogP contribution is -2.38. The zero-order chi connectivity index (χ0) is 15.3. The Balaban J connectivity index is 2.90. The minimum Gasteiger partial charge on any atom is -0.329 e. The second kappa shape index (κ2) is 7.33. The van der Waals surface area contributed by atoms with Gasteiger partial charge in [0, 0.05) is 24.4 Å². The lowest BCUT2D eigenvalue weighted by Gasteiger charge is -2.32. The van der Waals surface area contributed by atoms with Gasteiger partial charge in [-0.25, -0.2) is 0 Å². The predicted octanol–water partition coefficient (Wildman–Crippen LogP) is 3.39. The van der Waals surface area contributed by atoms with Crippen molar-refractivity contribution < 1.29 is 13.2 Å². The van der Waals surface area contributed by atoms with E-state index < -0.39 is 11.7 Å². The molecule has 0 radical (unpaired) electrons. The highest BCUT2D eigenvalue weighted by molar-refractivity contribution is 7.98. The molecule has 0 fully saturated rings. The summed E-state index contributed by atoms with van der Waals surface area (Å²) in [5.74, 6) is 0.952. The fourth-order valence-corrected chi connectivity index (χ4v) is 2.82. The molecule has 0 aliphatic heterocycles. The number of rotatable bonds is 6. The normalized spacial score (nSPS) is 15.4. The SMILES string of the molecule is CSCC(C)N(C)C(CN)c1ccc(C(F)(F)F)cc1. The quantitative estimate of drug-likeness (QED) is 0.873. The van der Waals surface area contributed by atoms with E-state index in [-0.39, 0.29) is 6.04 Å². The summed E-state index contributed by atoms with van der Waals surface area (Å²) < 4.78 is 37.7. The average Bonchev–Trinajstić information content (AvgIpc) is 2.39. The monoisotopic (exact) mass is 306 g/mol. The standard InChI is InChI=1S/C14H21F3N2S/c1-10(9-20-3)19(2)13(8-18)11-4-6-12(7-5-11)14(15,16)17/h4-7,10,13H,8-9,18H2,1-3H3. The van der Waals surface area contributed by atoms with Crippen LogP contribution in [0.3, 0.4) is 0 Å². The molecule has 0 bridgehead atoms. The summed E-state index contributed by atoms with van der Waals surface area (Å²) >= 11 is 1.74. The molecular weight excluding hydrogens is 285 g/mol. The average molecular weight is 306 g/mol. The van der Waals surface area contributed by atoms with Gasteiger partial charge in [-0.3, -0.25) is 4.90 Å². The Hall–Kier alpha value is -0.720. The number of halogens is 3. The number of nitrogens with two attached hydrogens (primary N) is 1. The first-order valence-electron chi connectivity index (χ1n) is 6.39. The number of alkyl halides is 3. The van der Waals surface area contributed by atoms with Crippen molar-refractivity contribution in [3.05, 3.63) is 35.4 Å². The third kappa shape index (κ3) is 4.40. The van der Waals surface area contributed by atoms with Gasteiger partial charge in [0.05, 0.1) is 5.56 Å². The van der Waals surface area contributed by atoms with Gasteiger partial charge < -0.3 is 5.73 Å². The summed E-state index contributed by atoms with van der Waals surface area (Å²) in [5.41, 5.74) is 5.98. The number of likely N-dealkylation sites (N-methyl/N-ethyl adjacent to an activating group) is 1. The fraction of sp³-hybridized carbons (Fsp3) is 0.571. The molecule has 20 heavy (non-hydrogen) atoms. The minimum absolute atomic E-state index is 0.0700. The van der Waals surface area contributed by atoms with Crippen molar-refractivity contribution in [2.45, 2.75) is 25.2 Å². The van der Waals surface area contributed by atoms with Gasteiger partial charge in [0.15, 0.2) is 0 Å². The van der Waals surface area contributed by atoms with E-state index in [1.807, 2.05) is 13.3 Å². The van der Waals surface area contributed by atoms with Crippen molar-refractivity contribution in [1.29, 1.82) is 0 Å². The van der Waals surface area contributed by atoms with E-state index in [0.717, 1.165) is 23.4 Å². The molecule has 0 aliphatic rings. The number of nitrogens with zero attached hydrogens (tertiary/aromatic N) is 1. The maximum atomic E-state index is 12.6. The number of hydrogen-bond acceptors (Lipinski definition) is 3. The number of thioether (sulfide) groups is 1. The third-order valence-electron chi connectivity index (χ3n) is 3.44. The largest absolute Gasteiger partial charge is 0.416 e. The van der Waals surface area contributed by atoms with Crippen molar-refractivity contribution in [3.8, 4) is 0 Å². The Kier molecular flexibility index (Phi) is 6.36. The molecule has 0 aliphatic carbocycles. The van der Waals surface area contributed by atoms with Crippen LogP contribution in [0.1, 0.15) is 24.1 Å². The zero-order valence-corrected chi connectivity index (χ0v) is 12.8. The molecule has 1 rings (SSSR count). The van der Waals surface area contributed by atoms with E-state index in [4.69, 9.17) is 5.73 Å². The first-order chi connectivity index (χ1) is 9.31. The fourth-order valence-electron chi connectivity index (χ4n) is 2.10. The van der Waals surface area contributed by atoms with Crippen LogP contribution < -0.4 is 5.73 Å². The summed E-state index contributed by atoms with van der Waals surface area (Å²) in [6.45, 7) is 2.46. The topological polar surface area (TPSA) is 29.3 Å². The van der Waals surface area contributed by atoms with Crippen molar-refractivity contribution in [1.82, 2.24) is 4.90 Å². The summed E-state index contributed by atoms with van der Waals surface area (Å²) in [4.78, 5) is 2.11. The van der Waals surface area contributed by atoms with Gasteiger partial charge in [0.1, 0.15) is 0 Å².